The Kier molecular flexibility index (Phi) is 2.42. The normalized spacial score (nSPS) is 16.2. The maximum Gasteiger partial charge on any atom is 0.561 e. The summed E-state index contributed by atoms with van der Waals surface area (Å²) in [6, 6.07) is 0. The fourth-order valence-corrected chi connectivity index (χ4v) is 0.821. The second-order valence-electron chi connectivity index (χ2n) is 2.39. The SMILES string of the molecule is CCCCN1CN(N)[C+]=N1. The Labute approximate surface area is 61.3 Å². The van der Waals surface area contributed by atoms with Gasteiger partial charge in [-0.2, -0.15) is 0 Å². The molecule has 0 aliphatic carbocycles. The summed E-state index contributed by atoms with van der Waals surface area (Å²) in [4.78, 5) is 0. The monoisotopic (exact) mass is 141 g/mol. The predicted octanol–water partition coefficient (Wildman–Crippen LogP) is 0.0556. The van der Waals surface area contributed by atoms with Gasteiger partial charge in [0.05, 0.1) is 0 Å². The summed E-state index contributed by atoms with van der Waals surface area (Å²) in [5.74, 6) is 5.38. The van der Waals surface area contributed by atoms with E-state index < -0.39 is 0 Å². The molecule has 0 saturated carbocycles. The highest BCUT2D eigenvalue weighted by Crippen LogP contribution is 1.99. The average molecular weight is 141 g/mol. The van der Waals surface area contributed by atoms with Gasteiger partial charge < -0.3 is 0 Å². The Balaban J connectivity index is 2.14. The number of hydrogen-bond donors (Lipinski definition) is 1. The largest absolute Gasteiger partial charge is 0.561 e. The minimum Gasteiger partial charge on any atom is -0.223 e. The van der Waals surface area contributed by atoms with Crippen LogP contribution < -0.4 is 5.84 Å². The average Bonchev–Trinajstić information content (AvgIpc) is 2.31. The van der Waals surface area contributed by atoms with Crippen molar-refractivity contribution in [3.8, 4) is 0 Å². The van der Waals surface area contributed by atoms with Crippen molar-refractivity contribution in [3.63, 3.8) is 0 Å². The van der Waals surface area contributed by atoms with Crippen molar-refractivity contribution in [1.29, 1.82) is 0 Å². The van der Waals surface area contributed by atoms with Crippen LogP contribution in [-0.2, 0) is 0 Å². The van der Waals surface area contributed by atoms with E-state index in [1.54, 1.807) is 0 Å². The summed E-state index contributed by atoms with van der Waals surface area (Å²) < 4.78 is 0. The van der Waals surface area contributed by atoms with Crippen LogP contribution in [-0.4, -0.2) is 29.6 Å². The molecule has 0 bridgehead atoms. The number of hydrogen-bond acceptors (Lipinski definition) is 4. The molecule has 0 saturated heterocycles. The Morgan fingerprint density at radius 3 is 3.00 bits per heavy atom. The summed E-state index contributed by atoms with van der Waals surface area (Å²) >= 11 is 0. The lowest BCUT2D eigenvalue weighted by Gasteiger charge is -2.06. The fraction of sp³-hybridized carbons (Fsp3) is 0.833. The van der Waals surface area contributed by atoms with Crippen LogP contribution in [0.15, 0.2) is 5.10 Å². The van der Waals surface area contributed by atoms with Gasteiger partial charge in [-0.05, 0) is 6.42 Å². The summed E-state index contributed by atoms with van der Waals surface area (Å²) in [6.45, 7) is 3.82. The molecule has 0 radical (unpaired) electrons. The number of rotatable bonds is 3. The first-order chi connectivity index (χ1) is 4.83. The number of nitrogens with two attached hydrogens (primary N) is 1. The van der Waals surface area contributed by atoms with E-state index in [1.807, 2.05) is 5.01 Å². The third-order valence-electron chi connectivity index (χ3n) is 1.40. The number of nitrogens with zero attached hydrogens (tertiary/aromatic N) is 3. The molecule has 2 N–H and O–H groups in total. The Morgan fingerprint density at radius 1 is 1.70 bits per heavy atom. The van der Waals surface area contributed by atoms with Gasteiger partial charge >= 0.3 is 6.34 Å². The molecule has 0 aromatic rings. The van der Waals surface area contributed by atoms with Gasteiger partial charge in [0, 0.05) is 6.54 Å². The molecule has 4 nitrogen and oxygen atoms in total. The van der Waals surface area contributed by atoms with Gasteiger partial charge in [0.1, 0.15) is 5.10 Å². The molecule has 1 heterocycles. The number of unbranched alkanes of at least 4 members (excludes halogenated alkanes) is 1. The van der Waals surface area contributed by atoms with Crippen molar-refractivity contribution >= 4 is 6.34 Å². The number of hydrazine groups is 1. The van der Waals surface area contributed by atoms with Gasteiger partial charge in [-0.25, -0.2) is 10.9 Å². The molecule has 56 valence electrons. The van der Waals surface area contributed by atoms with E-state index in [1.165, 1.54) is 17.9 Å². The van der Waals surface area contributed by atoms with Crippen molar-refractivity contribution in [1.82, 2.24) is 10.0 Å². The summed E-state index contributed by atoms with van der Waals surface area (Å²) in [5.41, 5.74) is 0. The molecule has 0 unspecified atom stereocenters. The first-order valence-electron chi connectivity index (χ1n) is 3.56. The second kappa shape index (κ2) is 3.34. The standard InChI is InChI=1S/C6H13N4/c1-2-3-4-10-6-9(7)5-8-10/h2-4,6-7H2,1H3/q+1. The highest BCUT2D eigenvalue weighted by atomic mass is 15.6. The Bertz CT molecular complexity index is 123. The minimum atomic E-state index is 0.681. The Hall–Kier alpha value is -0.860. The van der Waals surface area contributed by atoms with Crippen molar-refractivity contribution in [2.24, 2.45) is 10.9 Å². The van der Waals surface area contributed by atoms with E-state index in [0.29, 0.717) is 6.67 Å². The quantitative estimate of drug-likeness (QED) is 0.446. The molecule has 0 aromatic carbocycles. The Morgan fingerprint density at radius 2 is 2.50 bits per heavy atom. The molecule has 1 aliphatic rings. The van der Waals surface area contributed by atoms with Crippen LogP contribution in [0.4, 0.5) is 0 Å². The maximum absolute atomic E-state index is 5.38. The van der Waals surface area contributed by atoms with E-state index in [2.05, 4.69) is 18.4 Å². The number of hydrazone groups is 1. The zero-order chi connectivity index (χ0) is 7.40. The van der Waals surface area contributed by atoms with Gasteiger partial charge in [-0.15, -0.1) is 0 Å². The lowest BCUT2D eigenvalue weighted by molar-refractivity contribution is 0.234. The third-order valence-corrected chi connectivity index (χ3v) is 1.40. The highest BCUT2D eigenvalue weighted by Gasteiger charge is 2.23. The van der Waals surface area contributed by atoms with Crippen molar-refractivity contribution in [2.45, 2.75) is 19.8 Å². The van der Waals surface area contributed by atoms with Crippen molar-refractivity contribution < 1.29 is 0 Å². The molecule has 0 amide bonds. The van der Waals surface area contributed by atoms with Crippen molar-refractivity contribution in [2.75, 3.05) is 13.2 Å². The van der Waals surface area contributed by atoms with Crippen LogP contribution in [0.1, 0.15) is 19.8 Å². The van der Waals surface area contributed by atoms with Crippen LogP contribution in [0.2, 0.25) is 0 Å². The molecule has 1 rings (SSSR count). The zero-order valence-electron chi connectivity index (χ0n) is 6.25. The topological polar surface area (TPSA) is 44.9 Å². The highest BCUT2D eigenvalue weighted by molar-refractivity contribution is 5.54. The van der Waals surface area contributed by atoms with E-state index >= 15 is 0 Å². The molecule has 0 spiro atoms. The first-order valence-corrected chi connectivity index (χ1v) is 3.56. The van der Waals surface area contributed by atoms with Gasteiger partial charge in [0.25, 0.3) is 0 Å². The fourth-order valence-electron chi connectivity index (χ4n) is 0.821. The van der Waals surface area contributed by atoms with Crippen LogP contribution in [0, 0.1) is 0 Å². The maximum atomic E-state index is 5.38. The summed E-state index contributed by atoms with van der Waals surface area (Å²) in [7, 11) is 0. The smallest absolute Gasteiger partial charge is 0.223 e. The molecule has 1 aliphatic heterocycles. The van der Waals surface area contributed by atoms with Gasteiger partial charge in [-0.3, -0.25) is 0 Å². The van der Waals surface area contributed by atoms with Gasteiger partial charge in [0.2, 0.25) is 0 Å². The molecule has 4 heteroatoms. The lowest BCUT2D eigenvalue weighted by Crippen LogP contribution is -2.32. The molecule has 0 aromatic heterocycles. The van der Waals surface area contributed by atoms with Crippen LogP contribution >= 0.6 is 0 Å². The van der Waals surface area contributed by atoms with E-state index in [9.17, 15) is 0 Å². The van der Waals surface area contributed by atoms with Crippen LogP contribution in [0.25, 0.3) is 0 Å². The molecular formula is C6H13N4+. The van der Waals surface area contributed by atoms with E-state index in [0.717, 1.165) is 6.54 Å². The van der Waals surface area contributed by atoms with Crippen molar-refractivity contribution in [3.05, 3.63) is 0 Å². The summed E-state index contributed by atoms with van der Waals surface area (Å²) in [6.07, 6.45) is 5.00. The second-order valence-corrected chi connectivity index (χ2v) is 2.39. The third kappa shape index (κ3) is 1.83. The molecule has 10 heavy (non-hydrogen) atoms. The van der Waals surface area contributed by atoms with Gasteiger partial charge in [0.15, 0.2) is 6.67 Å². The van der Waals surface area contributed by atoms with Crippen LogP contribution in [0.5, 0.6) is 0 Å². The first kappa shape index (κ1) is 7.25. The molecule has 0 atom stereocenters. The van der Waals surface area contributed by atoms with Gasteiger partial charge in [-0.1, -0.05) is 18.4 Å². The van der Waals surface area contributed by atoms with Crippen LogP contribution in [0.3, 0.4) is 0 Å². The van der Waals surface area contributed by atoms with E-state index in [-0.39, 0.29) is 0 Å². The minimum absolute atomic E-state index is 0.681. The zero-order valence-corrected chi connectivity index (χ0v) is 6.25. The van der Waals surface area contributed by atoms with E-state index in [4.69, 9.17) is 5.84 Å². The molecular weight excluding hydrogens is 128 g/mol. The lowest BCUT2D eigenvalue weighted by atomic mass is 10.3. The predicted molar refractivity (Wildman–Crippen MR) is 39.9 cm³/mol. The molecule has 0 fully saturated rings. The summed E-state index contributed by atoms with van der Waals surface area (Å²) in [5, 5.41) is 7.30.